The summed E-state index contributed by atoms with van der Waals surface area (Å²) in [7, 11) is 0. The highest BCUT2D eigenvalue weighted by Gasteiger charge is 2.12. The summed E-state index contributed by atoms with van der Waals surface area (Å²) in [4.78, 5) is 16.7. The van der Waals surface area contributed by atoms with Crippen LogP contribution in [-0.4, -0.2) is 14.7 Å². The minimum absolute atomic E-state index is 0.131. The Labute approximate surface area is 122 Å². The van der Waals surface area contributed by atoms with E-state index in [9.17, 15) is 9.90 Å². The van der Waals surface area contributed by atoms with Crippen molar-refractivity contribution in [2.24, 2.45) is 0 Å². The van der Waals surface area contributed by atoms with Gasteiger partial charge >= 0.3 is 0 Å². The zero-order valence-electron chi connectivity index (χ0n) is 11.7. The second-order valence-electron chi connectivity index (χ2n) is 5.09. The standard InChI is InChI=1S/C17H16N2O2/c1-12-6-2-3-7-13(12)16(20)10-19-11-18-15-9-5-4-8-14(15)17(19)21/h2-9,11,16,20H,10H2,1H3. The molecule has 4 heteroatoms. The zero-order valence-corrected chi connectivity index (χ0v) is 11.7. The van der Waals surface area contributed by atoms with Crippen molar-refractivity contribution < 1.29 is 5.11 Å². The van der Waals surface area contributed by atoms with Crippen LogP contribution >= 0.6 is 0 Å². The molecule has 0 aliphatic carbocycles. The third-order valence-electron chi connectivity index (χ3n) is 3.65. The van der Waals surface area contributed by atoms with E-state index >= 15 is 0 Å². The van der Waals surface area contributed by atoms with Gasteiger partial charge < -0.3 is 5.11 Å². The average molecular weight is 280 g/mol. The number of aryl methyl sites for hydroxylation is 1. The van der Waals surface area contributed by atoms with Gasteiger partial charge in [0.15, 0.2) is 0 Å². The summed E-state index contributed by atoms with van der Waals surface area (Å²) in [5.74, 6) is 0. The molecule has 3 aromatic rings. The number of nitrogens with zero attached hydrogens (tertiary/aromatic N) is 2. The quantitative estimate of drug-likeness (QED) is 0.801. The van der Waals surface area contributed by atoms with Crippen molar-refractivity contribution >= 4 is 10.9 Å². The Bertz CT molecular complexity index is 839. The fourth-order valence-corrected chi connectivity index (χ4v) is 2.48. The summed E-state index contributed by atoms with van der Waals surface area (Å²) in [5.41, 5.74) is 2.38. The van der Waals surface area contributed by atoms with E-state index in [1.54, 1.807) is 12.1 Å². The molecule has 1 atom stereocenters. The second-order valence-corrected chi connectivity index (χ2v) is 5.09. The topological polar surface area (TPSA) is 55.1 Å². The van der Waals surface area contributed by atoms with Crippen LogP contribution in [0.2, 0.25) is 0 Å². The van der Waals surface area contributed by atoms with Gasteiger partial charge in [0.25, 0.3) is 5.56 Å². The number of benzene rings is 2. The fraction of sp³-hybridized carbons (Fsp3) is 0.176. The number of rotatable bonds is 3. The van der Waals surface area contributed by atoms with Gasteiger partial charge in [-0.05, 0) is 30.2 Å². The van der Waals surface area contributed by atoms with Crippen LogP contribution in [0.3, 0.4) is 0 Å². The molecule has 0 fully saturated rings. The van der Waals surface area contributed by atoms with E-state index in [1.807, 2.05) is 43.3 Å². The van der Waals surface area contributed by atoms with Gasteiger partial charge in [-0.2, -0.15) is 0 Å². The maximum absolute atomic E-state index is 12.4. The first-order valence-electron chi connectivity index (χ1n) is 6.84. The predicted molar refractivity (Wildman–Crippen MR) is 82.1 cm³/mol. The maximum Gasteiger partial charge on any atom is 0.261 e. The Kier molecular flexibility index (Phi) is 3.54. The normalized spacial score (nSPS) is 12.5. The van der Waals surface area contributed by atoms with Crippen LogP contribution in [-0.2, 0) is 6.54 Å². The third kappa shape index (κ3) is 2.58. The molecular weight excluding hydrogens is 264 g/mol. The molecule has 0 radical (unpaired) electrons. The van der Waals surface area contributed by atoms with Crippen molar-refractivity contribution in [2.75, 3.05) is 0 Å². The van der Waals surface area contributed by atoms with Gasteiger partial charge in [-0.3, -0.25) is 9.36 Å². The Morgan fingerprint density at radius 3 is 2.67 bits per heavy atom. The van der Waals surface area contributed by atoms with Gasteiger partial charge in [0.1, 0.15) is 0 Å². The Morgan fingerprint density at radius 2 is 1.86 bits per heavy atom. The second kappa shape index (κ2) is 5.50. The lowest BCUT2D eigenvalue weighted by atomic mass is 10.0. The third-order valence-corrected chi connectivity index (χ3v) is 3.65. The molecule has 4 nitrogen and oxygen atoms in total. The first-order chi connectivity index (χ1) is 10.2. The minimum atomic E-state index is -0.730. The monoisotopic (exact) mass is 280 g/mol. The molecule has 0 saturated carbocycles. The van der Waals surface area contributed by atoms with Crippen molar-refractivity contribution in [1.82, 2.24) is 9.55 Å². The van der Waals surface area contributed by atoms with Gasteiger partial charge in [0.05, 0.1) is 29.9 Å². The lowest BCUT2D eigenvalue weighted by Gasteiger charge is -2.15. The smallest absolute Gasteiger partial charge is 0.261 e. The van der Waals surface area contributed by atoms with Crippen molar-refractivity contribution in [2.45, 2.75) is 19.6 Å². The Hall–Kier alpha value is -2.46. The van der Waals surface area contributed by atoms with E-state index in [0.29, 0.717) is 10.9 Å². The van der Waals surface area contributed by atoms with Crippen LogP contribution < -0.4 is 5.56 Å². The largest absolute Gasteiger partial charge is 0.387 e. The van der Waals surface area contributed by atoms with Crippen molar-refractivity contribution in [1.29, 1.82) is 0 Å². The van der Waals surface area contributed by atoms with Crippen LogP contribution in [0, 0.1) is 6.92 Å². The molecule has 21 heavy (non-hydrogen) atoms. The van der Waals surface area contributed by atoms with Gasteiger partial charge in [-0.15, -0.1) is 0 Å². The molecule has 3 rings (SSSR count). The Balaban J connectivity index is 1.97. The number of aliphatic hydroxyl groups excluding tert-OH is 1. The van der Waals surface area contributed by atoms with Crippen LogP contribution in [0.1, 0.15) is 17.2 Å². The van der Waals surface area contributed by atoms with E-state index < -0.39 is 6.10 Å². The highest BCUT2D eigenvalue weighted by atomic mass is 16.3. The lowest BCUT2D eigenvalue weighted by molar-refractivity contribution is 0.154. The molecule has 1 N–H and O–H groups in total. The van der Waals surface area contributed by atoms with E-state index in [4.69, 9.17) is 0 Å². The number of hydrogen-bond acceptors (Lipinski definition) is 3. The minimum Gasteiger partial charge on any atom is -0.387 e. The van der Waals surface area contributed by atoms with Crippen molar-refractivity contribution in [3.05, 3.63) is 76.3 Å². The number of hydrogen-bond donors (Lipinski definition) is 1. The summed E-state index contributed by atoms with van der Waals surface area (Å²) in [6.07, 6.45) is 0.762. The Morgan fingerprint density at radius 1 is 1.14 bits per heavy atom. The molecule has 0 saturated heterocycles. The molecule has 1 heterocycles. The van der Waals surface area contributed by atoms with Gasteiger partial charge in [-0.25, -0.2) is 4.98 Å². The number of fused-ring (bicyclic) bond motifs is 1. The number of aromatic nitrogens is 2. The summed E-state index contributed by atoms with van der Waals surface area (Å²) >= 11 is 0. The summed E-state index contributed by atoms with van der Waals surface area (Å²) in [6.45, 7) is 2.14. The van der Waals surface area contributed by atoms with Crippen molar-refractivity contribution in [3.8, 4) is 0 Å². The van der Waals surface area contributed by atoms with E-state index in [1.165, 1.54) is 10.9 Å². The van der Waals surface area contributed by atoms with Crippen molar-refractivity contribution in [3.63, 3.8) is 0 Å². The number of aliphatic hydroxyl groups is 1. The SMILES string of the molecule is Cc1ccccc1C(O)Cn1cnc2ccccc2c1=O. The van der Waals surface area contributed by atoms with Gasteiger partial charge in [-0.1, -0.05) is 36.4 Å². The first-order valence-corrected chi connectivity index (χ1v) is 6.84. The predicted octanol–water partition coefficient (Wildman–Crippen LogP) is 2.44. The molecular formula is C17H16N2O2. The lowest BCUT2D eigenvalue weighted by Crippen LogP contribution is -2.24. The molecule has 0 aliphatic rings. The summed E-state index contributed by atoms with van der Waals surface area (Å²) < 4.78 is 1.46. The van der Waals surface area contributed by atoms with Crippen LogP contribution in [0.25, 0.3) is 10.9 Å². The van der Waals surface area contributed by atoms with Crippen LogP contribution in [0.5, 0.6) is 0 Å². The molecule has 2 aromatic carbocycles. The first kappa shape index (κ1) is 13.5. The highest BCUT2D eigenvalue weighted by Crippen LogP contribution is 2.18. The molecule has 106 valence electrons. The van der Waals surface area contributed by atoms with Crippen LogP contribution in [0.15, 0.2) is 59.7 Å². The maximum atomic E-state index is 12.4. The molecule has 1 unspecified atom stereocenters. The molecule has 0 bridgehead atoms. The summed E-state index contributed by atoms with van der Waals surface area (Å²) in [5, 5.41) is 10.9. The number of para-hydroxylation sites is 1. The average Bonchev–Trinajstić information content (AvgIpc) is 2.51. The van der Waals surface area contributed by atoms with Gasteiger partial charge in [0, 0.05) is 0 Å². The van der Waals surface area contributed by atoms with Gasteiger partial charge in [0.2, 0.25) is 0 Å². The zero-order chi connectivity index (χ0) is 14.8. The van der Waals surface area contributed by atoms with Crippen LogP contribution in [0.4, 0.5) is 0 Å². The van der Waals surface area contributed by atoms with E-state index in [0.717, 1.165) is 11.1 Å². The molecule has 0 amide bonds. The molecule has 0 spiro atoms. The molecule has 0 aliphatic heterocycles. The van der Waals surface area contributed by atoms with E-state index in [2.05, 4.69) is 4.98 Å². The summed E-state index contributed by atoms with van der Waals surface area (Å²) in [6, 6.07) is 14.8. The highest BCUT2D eigenvalue weighted by molar-refractivity contribution is 5.76. The fourth-order valence-electron chi connectivity index (χ4n) is 2.48. The van der Waals surface area contributed by atoms with E-state index in [-0.39, 0.29) is 12.1 Å². The molecule has 1 aromatic heterocycles.